The molecule has 2 aromatic rings. The number of aryl methyl sites for hydroxylation is 1. The van der Waals surface area contributed by atoms with Crippen LogP contribution in [0.3, 0.4) is 0 Å². The molecule has 120 valence electrons. The molecule has 0 atom stereocenters. The summed E-state index contributed by atoms with van der Waals surface area (Å²) in [4.78, 5) is 24.8. The van der Waals surface area contributed by atoms with Crippen molar-refractivity contribution >= 4 is 11.9 Å². The largest absolute Gasteiger partial charge is 0.361 e. The Bertz CT molecular complexity index is 698. The fourth-order valence-corrected chi connectivity index (χ4v) is 2.50. The van der Waals surface area contributed by atoms with E-state index in [-0.39, 0.29) is 17.6 Å². The van der Waals surface area contributed by atoms with Gasteiger partial charge in [-0.15, -0.1) is 0 Å². The summed E-state index contributed by atoms with van der Waals surface area (Å²) in [6, 6.07) is 10.9. The average Bonchev–Trinajstić information content (AvgIpc) is 3.22. The second-order valence-electron chi connectivity index (χ2n) is 5.37. The third-order valence-corrected chi connectivity index (χ3v) is 3.63. The Morgan fingerprint density at radius 3 is 2.65 bits per heavy atom. The highest BCUT2D eigenvalue weighted by atomic mass is 16.5. The maximum Gasteiger partial charge on any atom is 0.336 e. The van der Waals surface area contributed by atoms with Gasteiger partial charge < -0.3 is 9.84 Å². The Morgan fingerprint density at radius 1 is 1.22 bits per heavy atom. The monoisotopic (exact) mass is 314 g/mol. The molecule has 1 aromatic heterocycles. The quantitative estimate of drug-likeness (QED) is 0.939. The summed E-state index contributed by atoms with van der Waals surface area (Å²) >= 11 is 0. The van der Waals surface area contributed by atoms with Crippen LogP contribution in [0.25, 0.3) is 0 Å². The van der Waals surface area contributed by atoms with Crippen molar-refractivity contribution in [1.29, 1.82) is 0 Å². The van der Waals surface area contributed by atoms with E-state index in [2.05, 4.69) is 10.5 Å². The summed E-state index contributed by atoms with van der Waals surface area (Å²) in [5, 5.41) is 9.39. The lowest BCUT2D eigenvalue weighted by Crippen LogP contribution is -2.49. The smallest absolute Gasteiger partial charge is 0.336 e. The molecule has 7 nitrogen and oxygen atoms in total. The van der Waals surface area contributed by atoms with E-state index in [1.54, 1.807) is 13.0 Å². The molecule has 1 fully saturated rings. The van der Waals surface area contributed by atoms with E-state index in [1.165, 1.54) is 10.0 Å². The number of urea groups is 1. The number of amides is 3. The fraction of sp³-hybridized carbons (Fsp3) is 0.312. The average molecular weight is 314 g/mol. The van der Waals surface area contributed by atoms with Gasteiger partial charge in [0.05, 0.1) is 0 Å². The normalized spacial score (nSPS) is 14.1. The third kappa shape index (κ3) is 3.33. The number of rotatable bonds is 3. The van der Waals surface area contributed by atoms with Crippen molar-refractivity contribution in [3.8, 4) is 0 Å². The van der Waals surface area contributed by atoms with Crippen LogP contribution in [0, 0.1) is 6.92 Å². The number of aromatic nitrogens is 1. The van der Waals surface area contributed by atoms with Crippen LogP contribution in [-0.2, 0) is 6.54 Å². The van der Waals surface area contributed by atoms with Crippen molar-refractivity contribution in [2.24, 2.45) is 0 Å². The molecule has 1 saturated heterocycles. The molecule has 23 heavy (non-hydrogen) atoms. The molecule has 1 aromatic carbocycles. The molecule has 2 heterocycles. The maximum atomic E-state index is 12.4. The molecular formula is C16H18N4O3. The number of carbonyl (C=O) groups excluding carboxylic acids is 2. The highest BCUT2D eigenvalue weighted by Gasteiger charge is 2.32. The number of nitrogens with one attached hydrogen (secondary N) is 1. The fourth-order valence-electron chi connectivity index (χ4n) is 2.50. The van der Waals surface area contributed by atoms with E-state index in [4.69, 9.17) is 4.52 Å². The topological polar surface area (TPSA) is 78.7 Å². The Hall–Kier alpha value is -2.83. The molecular weight excluding hydrogens is 296 g/mol. The Labute approximate surface area is 133 Å². The highest BCUT2D eigenvalue weighted by molar-refractivity contribution is 5.93. The van der Waals surface area contributed by atoms with Crippen LogP contribution in [0.15, 0.2) is 40.9 Å². The molecule has 0 saturated carbocycles. The molecule has 1 aliphatic rings. The van der Waals surface area contributed by atoms with Crippen LogP contribution in [0.1, 0.15) is 28.2 Å². The molecule has 7 heteroatoms. The molecule has 1 N–H and O–H groups in total. The number of nitrogens with zero attached hydrogens (tertiary/aromatic N) is 3. The number of benzene rings is 1. The number of carbonyl (C=O) groups is 2. The highest BCUT2D eigenvalue weighted by Crippen LogP contribution is 2.15. The lowest BCUT2D eigenvalue weighted by molar-refractivity contribution is 0.0366. The summed E-state index contributed by atoms with van der Waals surface area (Å²) in [6.45, 7) is 3.13. The van der Waals surface area contributed by atoms with Crippen LogP contribution in [-0.4, -0.2) is 40.2 Å². The summed E-state index contributed by atoms with van der Waals surface area (Å²) in [6.07, 6.45) is 0.737. The van der Waals surface area contributed by atoms with Crippen molar-refractivity contribution in [3.05, 3.63) is 53.4 Å². The molecule has 0 radical (unpaired) electrons. The predicted octanol–water partition coefficient (Wildman–Crippen LogP) is 1.96. The van der Waals surface area contributed by atoms with Crippen LogP contribution < -0.4 is 5.32 Å². The first-order valence-corrected chi connectivity index (χ1v) is 7.49. The van der Waals surface area contributed by atoms with Gasteiger partial charge in [0.2, 0.25) is 0 Å². The van der Waals surface area contributed by atoms with E-state index >= 15 is 0 Å². The van der Waals surface area contributed by atoms with Crippen LogP contribution in [0.2, 0.25) is 0 Å². The second-order valence-corrected chi connectivity index (χ2v) is 5.37. The lowest BCUT2D eigenvalue weighted by atomic mass is 10.2. The molecule has 0 aliphatic carbocycles. The van der Waals surface area contributed by atoms with Crippen LogP contribution in [0.4, 0.5) is 4.79 Å². The number of hydrogen-bond acceptors (Lipinski definition) is 4. The van der Waals surface area contributed by atoms with Crippen molar-refractivity contribution in [1.82, 2.24) is 20.5 Å². The van der Waals surface area contributed by atoms with E-state index in [0.717, 1.165) is 12.0 Å². The minimum atomic E-state index is -0.325. The van der Waals surface area contributed by atoms with Crippen molar-refractivity contribution in [2.45, 2.75) is 19.9 Å². The van der Waals surface area contributed by atoms with Gasteiger partial charge >= 0.3 is 6.03 Å². The van der Waals surface area contributed by atoms with Gasteiger partial charge in [0, 0.05) is 25.7 Å². The van der Waals surface area contributed by atoms with Gasteiger partial charge in [0.25, 0.3) is 5.91 Å². The van der Waals surface area contributed by atoms with Gasteiger partial charge in [-0.2, -0.15) is 0 Å². The van der Waals surface area contributed by atoms with Crippen LogP contribution >= 0.6 is 0 Å². The second kappa shape index (κ2) is 6.51. The van der Waals surface area contributed by atoms with Crippen molar-refractivity contribution in [3.63, 3.8) is 0 Å². The van der Waals surface area contributed by atoms with Gasteiger partial charge in [-0.05, 0) is 18.9 Å². The predicted molar refractivity (Wildman–Crippen MR) is 82.3 cm³/mol. The molecule has 3 amide bonds. The van der Waals surface area contributed by atoms with Gasteiger partial charge in [0.15, 0.2) is 5.69 Å². The van der Waals surface area contributed by atoms with Crippen molar-refractivity contribution < 1.29 is 14.1 Å². The zero-order valence-electron chi connectivity index (χ0n) is 12.9. The van der Waals surface area contributed by atoms with Gasteiger partial charge in [-0.3, -0.25) is 4.79 Å². The maximum absolute atomic E-state index is 12.4. The number of hydrogen-bond donors (Lipinski definition) is 1. The molecule has 1 aliphatic heterocycles. The Kier molecular flexibility index (Phi) is 4.27. The summed E-state index contributed by atoms with van der Waals surface area (Å²) < 4.78 is 4.93. The standard InChI is InChI=1S/C16H18N4O3/c1-12-10-14(18-23-12)15(21)19-8-5-9-20(19)16(22)17-11-13-6-3-2-4-7-13/h2-4,6-7,10H,5,8-9,11H2,1H3,(H,17,22). The van der Waals surface area contributed by atoms with Gasteiger partial charge in [-0.25, -0.2) is 14.8 Å². The minimum Gasteiger partial charge on any atom is -0.361 e. The SMILES string of the molecule is Cc1cc(C(=O)N2CCCN2C(=O)NCc2ccccc2)no1. The molecule has 0 unspecified atom stereocenters. The van der Waals surface area contributed by atoms with Gasteiger partial charge in [-0.1, -0.05) is 35.5 Å². The lowest BCUT2D eigenvalue weighted by Gasteiger charge is -2.27. The van der Waals surface area contributed by atoms with E-state index in [0.29, 0.717) is 25.4 Å². The molecule has 0 bridgehead atoms. The Balaban J connectivity index is 1.64. The Morgan fingerprint density at radius 2 is 1.96 bits per heavy atom. The summed E-state index contributed by atoms with van der Waals surface area (Å²) in [7, 11) is 0. The molecule has 0 spiro atoms. The summed E-state index contributed by atoms with van der Waals surface area (Å²) in [5.74, 6) is 0.238. The number of hydrazine groups is 1. The molecule has 3 rings (SSSR count). The first-order chi connectivity index (χ1) is 11.1. The van der Waals surface area contributed by atoms with E-state index < -0.39 is 0 Å². The van der Waals surface area contributed by atoms with Crippen LogP contribution in [0.5, 0.6) is 0 Å². The zero-order chi connectivity index (χ0) is 16.2. The van der Waals surface area contributed by atoms with E-state index in [9.17, 15) is 9.59 Å². The van der Waals surface area contributed by atoms with E-state index in [1.807, 2.05) is 30.3 Å². The summed E-state index contributed by atoms with van der Waals surface area (Å²) in [5.41, 5.74) is 1.22. The first kappa shape index (κ1) is 15.1. The zero-order valence-corrected chi connectivity index (χ0v) is 12.9. The minimum absolute atomic E-state index is 0.213. The third-order valence-electron chi connectivity index (χ3n) is 3.63. The van der Waals surface area contributed by atoms with Crippen molar-refractivity contribution in [2.75, 3.05) is 13.1 Å². The first-order valence-electron chi connectivity index (χ1n) is 7.49. The van der Waals surface area contributed by atoms with Gasteiger partial charge in [0.1, 0.15) is 5.76 Å².